The first kappa shape index (κ1) is 75.9. The molecule has 0 heterocycles. The van der Waals surface area contributed by atoms with Crippen LogP contribution in [0.4, 0.5) is 0 Å². The number of esters is 3. The average molecular weight is 1100 g/mol. The van der Waals surface area contributed by atoms with Crippen LogP contribution < -0.4 is 0 Å². The summed E-state index contributed by atoms with van der Waals surface area (Å²) in [5.41, 5.74) is 0. The minimum absolute atomic E-state index is 0.0675. The Hall–Kier alpha value is -2.11. The number of hydrogen-bond donors (Lipinski definition) is 0. The van der Waals surface area contributed by atoms with E-state index in [1.165, 1.54) is 295 Å². The van der Waals surface area contributed by atoms with E-state index in [1.807, 2.05) is 0 Å². The molecule has 0 saturated heterocycles. The summed E-state index contributed by atoms with van der Waals surface area (Å²) < 4.78 is 17.0. The van der Waals surface area contributed by atoms with E-state index in [0.717, 1.165) is 64.2 Å². The van der Waals surface area contributed by atoms with Gasteiger partial charge in [0.25, 0.3) is 0 Å². The fourth-order valence-corrected chi connectivity index (χ4v) is 10.8. The minimum Gasteiger partial charge on any atom is -0.462 e. The molecule has 0 radical (unpaired) electrons. The van der Waals surface area contributed by atoms with Crippen molar-refractivity contribution >= 4 is 17.9 Å². The average Bonchev–Trinajstić information content (AvgIpc) is 3.44. The molecule has 0 rings (SSSR count). The zero-order valence-electron chi connectivity index (χ0n) is 53.0. The van der Waals surface area contributed by atoms with E-state index in [0.29, 0.717) is 19.3 Å². The Bertz CT molecular complexity index is 1260. The summed E-state index contributed by atoms with van der Waals surface area (Å²) in [6, 6.07) is 0. The van der Waals surface area contributed by atoms with Crippen LogP contribution in [0.2, 0.25) is 0 Å². The molecule has 0 spiro atoms. The summed E-state index contributed by atoms with van der Waals surface area (Å²) in [6.45, 7) is 6.68. The molecule has 0 aliphatic heterocycles. The van der Waals surface area contributed by atoms with Gasteiger partial charge in [-0.05, 0) is 70.6 Å². The lowest BCUT2D eigenvalue weighted by molar-refractivity contribution is -0.167. The Kier molecular flexibility index (Phi) is 65.6. The molecule has 1 unspecified atom stereocenters. The van der Waals surface area contributed by atoms with Gasteiger partial charge < -0.3 is 14.2 Å². The molecule has 0 aromatic heterocycles. The van der Waals surface area contributed by atoms with Crippen molar-refractivity contribution in [2.75, 3.05) is 13.2 Å². The van der Waals surface area contributed by atoms with Crippen molar-refractivity contribution in [3.63, 3.8) is 0 Å². The van der Waals surface area contributed by atoms with Crippen molar-refractivity contribution in [3.8, 4) is 0 Å². The summed E-state index contributed by atoms with van der Waals surface area (Å²) in [5.74, 6) is -0.847. The molecule has 1 atom stereocenters. The van der Waals surface area contributed by atoms with Gasteiger partial charge in [0.15, 0.2) is 6.10 Å². The Morgan fingerprint density at radius 1 is 0.244 bits per heavy atom. The fourth-order valence-electron chi connectivity index (χ4n) is 10.8. The SMILES string of the molecule is CCCCC/C=C\CCCCCCCC(=O)OCC(COC(=O)CCCCCCCCCCCCCCCCCCCCC/C=C\CCCCCCCCCC)OC(=O)CCCCCCCCCCCCCCCCCCC. The van der Waals surface area contributed by atoms with Gasteiger partial charge in [0.05, 0.1) is 0 Å². The molecule has 6 heteroatoms. The first-order chi connectivity index (χ1) is 38.5. The molecule has 78 heavy (non-hydrogen) atoms. The van der Waals surface area contributed by atoms with Crippen LogP contribution in [-0.2, 0) is 28.6 Å². The lowest BCUT2D eigenvalue weighted by Crippen LogP contribution is -2.30. The van der Waals surface area contributed by atoms with Gasteiger partial charge >= 0.3 is 17.9 Å². The van der Waals surface area contributed by atoms with Gasteiger partial charge in [-0.15, -0.1) is 0 Å². The highest BCUT2D eigenvalue weighted by Crippen LogP contribution is 2.19. The largest absolute Gasteiger partial charge is 0.462 e. The second kappa shape index (κ2) is 67.4. The molecule has 0 aromatic carbocycles. The van der Waals surface area contributed by atoms with Crippen molar-refractivity contribution in [3.05, 3.63) is 24.3 Å². The van der Waals surface area contributed by atoms with Gasteiger partial charge in [0.1, 0.15) is 13.2 Å². The van der Waals surface area contributed by atoms with E-state index < -0.39 is 6.10 Å². The first-order valence-electron chi connectivity index (χ1n) is 35.3. The third kappa shape index (κ3) is 64.7. The van der Waals surface area contributed by atoms with E-state index >= 15 is 0 Å². The number of hydrogen-bond acceptors (Lipinski definition) is 6. The number of carbonyl (C=O) groups excluding carboxylic acids is 3. The minimum atomic E-state index is -0.770. The van der Waals surface area contributed by atoms with Crippen LogP contribution in [0, 0.1) is 0 Å². The van der Waals surface area contributed by atoms with E-state index in [4.69, 9.17) is 14.2 Å². The molecule has 0 saturated carbocycles. The molecule has 0 bridgehead atoms. The highest BCUT2D eigenvalue weighted by atomic mass is 16.6. The van der Waals surface area contributed by atoms with E-state index in [-0.39, 0.29) is 31.1 Å². The maximum atomic E-state index is 12.9. The highest BCUT2D eigenvalue weighted by Gasteiger charge is 2.19. The molecule has 0 N–H and O–H groups in total. The quantitative estimate of drug-likeness (QED) is 0.0261. The number of carbonyl (C=O) groups is 3. The molecule has 460 valence electrons. The van der Waals surface area contributed by atoms with Crippen LogP contribution in [0.5, 0.6) is 0 Å². The van der Waals surface area contributed by atoms with Crippen molar-refractivity contribution < 1.29 is 28.6 Å². The molecule has 0 aromatic rings. The molecule has 0 aliphatic rings. The van der Waals surface area contributed by atoms with Gasteiger partial charge in [0, 0.05) is 19.3 Å². The van der Waals surface area contributed by atoms with Gasteiger partial charge in [0.2, 0.25) is 0 Å². The Labute approximate surface area is 487 Å². The van der Waals surface area contributed by atoms with Gasteiger partial charge in [-0.3, -0.25) is 14.4 Å². The molecule has 0 fully saturated rings. The summed E-state index contributed by atoms with van der Waals surface area (Å²) in [5, 5.41) is 0. The number of allylic oxidation sites excluding steroid dienone is 4. The lowest BCUT2D eigenvalue weighted by atomic mass is 10.0. The summed E-state index contributed by atoms with van der Waals surface area (Å²) >= 11 is 0. The number of ether oxygens (including phenoxy) is 3. The second-order valence-electron chi connectivity index (χ2n) is 24.1. The molecular formula is C72H136O6. The number of rotatable bonds is 66. The van der Waals surface area contributed by atoms with Crippen LogP contribution in [-0.4, -0.2) is 37.2 Å². The maximum absolute atomic E-state index is 12.9. The zero-order valence-corrected chi connectivity index (χ0v) is 53.0. The number of unbranched alkanes of at least 4 members (excludes halogenated alkanes) is 51. The predicted octanol–water partition coefficient (Wildman–Crippen LogP) is 24.2. The Morgan fingerprint density at radius 2 is 0.423 bits per heavy atom. The topological polar surface area (TPSA) is 78.9 Å². The normalized spacial score (nSPS) is 12.1. The van der Waals surface area contributed by atoms with Crippen molar-refractivity contribution in [2.45, 2.75) is 406 Å². The van der Waals surface area contributed by atoms with Crippen LogP contribution in [0.1, 0.15) is 400 Å². The van der Waals surface area contributed by atoms with Gasteiger partial charge in [-0.25, -0.2) is 0 Å². The zero-order chi connectivity index (χ0) is 56.4. The van der Waals surface area contributed by atoms with E-state index in [9.17, 15) is 14.4 Å². The fraction of sp³-hybridized carbons (Fsp3) is 0.903. The predicted molar refractivity (Wildman–Crippen MR) is 340 cm³/mol. The summed E-state index contributed by atoms with van der Waals surface area (Å²) in [6.07, 6.45) is 82.2. The van der Waals surface area contributed by atoms with Crippen molar-refractivity contribution in [1.82, 2.24) is 0 Å². The van der Waals surface area contributed by atoms with E-state index in [1.54, 1.807) is 0 Å². The van der Waals surface area contributed by atoms with Gasteiger partial charge in [-0.1, -0.05) is 334 Å². The lowest BCUT2D eigenvalue weighted by Gasteiger charge is -2.18. The van der Waals surface area contributed by atoms with Crippen LogP contribution in [0.3, 0.4) is 0 Å². The maximum Gasteiger partial charge on any atom is 0.306 e. The molecule has 0 aliphatic carbocycles. The third-order valence-corrected chi connectivity index (χ3v) is 16.2. The van der Waals surface area contributed by atoms with Crippen LogP contribution in [0.25, 0.3) is 0 Å². The molecular weight excluding hydrogens is 961 g/mol. The van der Waals surface area contributed by atoms with E-state index in [2.05, 4.69) is 45.1 Å². The smallest absolute Gasteiger partial charge is 0.306 e. The molecule has 6 nitrogen and oxygen atoms in total. The Balaban J connectivity index is 4.10. The monoisotopic (exact) mass is 1100 g/mol. The van der Waals surface area contributed by atoms with Crippen LogP contribution >= 0.6 is 0 Å². The van der Waals surface area contributed by atoms with Crippen molar-refractivity contribution in [2.24, 2.45) is 0 Å². The van der Waals surface area contributed by atoms with Crippen LogP contribution in [0.15, 0.2) is 24.3 Å². The summed E-state index contributed by atoms with van der Waals surface area (Å²) in [4.78, 5) is 38.3. The van der Waals surface area contributed by atoms with Gasteiger partial charge in [-0.2, -0.15) is 0 Å². The van der Waals surface area contributed by atoms with Crippen molar-refractivity contribution in [1.29, 1.82) is 0 Å². The highest BCUT2D eigenvalue weighted by molar-refractivity contribution is 5.71. The molecule has 0 amide bonds. The Morgan fingerprint density at radius 3 is 0.667 bits per heavy atom. The second-order valence-corrected chi connectivity index (χ2v) is 24.1. The standard InChI is InChI=1S/C72H136O6/c1-4-7-10-13-16-19-22-25-27-29-30-31-32-33-34-35-36-37-38-39-40-41-42-44-45-47-50-53-56-59-62-65-71(74)77-68-69(67-76-70(73)64-61-58-55-52-49-24-21-18-15-12-9-6-3)78-72(75)66-63-60-57-54-51-48-46-43-28-26-23-20-17-14-11-8-5-2/h18,21,29-30,69H,4-17,19-20,22-28,31-68H2,1-3H3/b21-18-,30-29-. The summed E-state index contributed by atoms with van der Waals surface area (Å²) in [7, 11) is 0. The first-order valence-corrected chi connectivity index (χ1v) is 35.3. The third-order valence-electron chi connectivity index (χ3n) is 16.2.